The fraction of sp³-hybridized carbons (Fsp3) is 0.222. The van der Waals surface area contributed by atoms with E-state index in [1.807, 2.05) is 6.92 Å². The molecule has 1 aromatic heterocycles. The summed E-state index contributed by atoms with van der Waals surface area (Å²) >= 11 is 1.22. The average Bonchev–Trinajstić information content (AvgIpc) is 3.09. The fourth-order valence-electron chi connectivity index (χ4n) is 2.73. The minimum absolute atomic E-state index is 0.0789. The molecule has 0 radical (unpaired) electrons. The number of carbonyl (C=O) groups excluding carboxylic acids is 2. The molecule has 0 atom stereocenters. The molecule has 10 nitrogen and oxygen atoms in total. The van der Waals surface area contributed by atoms with E-state index in [0.29, 0.717) is 0 Å². The third-order valence-electron chi connectivity index (χ3n) is 4.15. The van der Waals surface area contributed by atoms with Crippen LogP contribution in [0.15, 0.2) is 41.1 Å². The number of aromatic nitrogens is 1. The first-order valence-corrected chi connectivity index (χ1v) is 11.0. The summed E-state index contributed by atoms with van der Waals surface area (Å²) in [6, 6.07) is 6.10. The third kappa shape index (κ3) is 4.31. The molecule has 2 heterocycles. The molecular formula is C18H19N3O7S2. The van der Waals surface area contributed by atoms with E-state index in [2.05, 4.69) is 10.3 Å². The van der Waals surface area contributed by atoms with Gasteiger partial charge in [-0.15, -0.1) is 11.3 Å². The van der Waals surface area contributed by atoms with Crippen molar-refractivity contribution < 1.29 is 33.3 Å². The highest BCUT2D eigenvalue weighted by Crippen LogP contribution is 2.59. The maximum absolute atomic E-state index is 13.0. The Bertz CT molecular complexity index is 1050. The summed E-state index contributed by atoms with van der Waals surface area (Å²) in [5, 5.41) is 11.6. The number of anilines is 1. The number of hydrogen-bond acceptors (Lipinski definition) is 9. The van der Waals surface area contributed by atoms with Crippen LogP contribution >= 0.6 is 22.1 Å². The van der Waals surface area contributed by atoms with Crippen LogP contribution in [-0.4, -0.2) is 48.4 Å². The first-order chi connectivity index (χ1) is 14.1. The number of nitrogens with zero attached hydrogens (tertiary/aromatic N) is 2. The topological polar surface area (TPSA) is 149 Å². The number of aryl methyl sites for hydroxylation is 1. The van der Waals surface area contributed by atoms with Crippen molar-refractivity contribution in [2.75, 3.05) is 12.4 Å². The van der Waals surface area contributed by atoms with Gasteiger partial charge in [0.2, 0.25) is 0 Å². The number of aliphatic carboxylic acids is 1. The van der Waals surface area contributed by atoms with E-state index in [9.17, 15) is 23.5 Å². The molecule has 0 saturated carbocycles. The van der Waals surface area contributed by atoms with E-state index in [1.165, 1.54) is 30.5 Å². The van der Waals surface area contributed by atoms with Gasteiger partial charge in [0.25, 0.3) is 5.91 Å². The highest BCUT2D eigenvalue weighted by Gasteiger charge is 2.40. The zero-order valence-electron chi connectivity index (χ0n) is 16.0. The lowest BCUT2D eigenvalue weighted by atomic mass is 10.1. The molecule has 0 spiro atoms. The van der Waals surface area contributed by atoms with E-state index in [0.717, 1.165) is 9.18 Å². The number of carboxylic acids is 1. The molecule has 0 saturated heterocycles. The van der Waals surface area contributed by atoms with Crippen LogP contribution in [0.25, 0.3) is 5.76 Å². The molecule has 1 amide bonds. The maximum atomic E-state index is 13.0. The van der Waals surface area contributed by atoms with Crippen LogP contribution < -0.4 is 5.32 Å². The number of benzene rings is 1. The molecule has 0 aliphatic carbocycles. The molecule has 3 rings (SSSR count). The van der Waals surface area contributed by atoms with E-state index in [-0.39, 0.29) is 27.0 Å². The van der Waals surface area contributed by atoms with Gasteiger partial charge in [-0.25, -0.2) is 4.98 Å². The molecule has 12 heteroatoms. The van der Waals surface area contributed by atoms with Crippen molar-refractivity contribution in [2.24, 2.45) is 0 Å². The first kappa shape index (κ1) is 21.8. The standard InChI is InChI=1S/C18H19N3O7S2/c1-10-9-19-18(29-10)20-17(25)15-16(28-14(24)8-7-13(22)23)11-5-3-4-6-12(11)30(26,27)21(15)2/h3-6,9,26-27H,7-8H2,1-2H3,(H,22,23)(H,19,20,25). The average molecular weight is 453 g/mol. The molecule has 160 valence electrons. The second-order valence-electron chi connectivity index (χ2n) is 6.29. The molecule has 1 aliphatic heterocycles. The molecule has 0 fully saturated rings. The number of likely N-dealkylation sites (N-methyl/N-ethyl adjacent to an activating group) is 1. The summed E-state index contributed by atoms with van der Waals surface area (Å²) in [5.74, 6) is -3.00. The Balaban J connectivity index is 2.06. The Morgan fingerprint density at radius 3 is 2.57 bits per heavy atom. The van der Waals surface area contributed by atoms with Gasteiger partial charge in [0.1, 0.15) is 0 Å². The van der Waals surface area contributed by atoms with Crippen molar-refractivity contribution in [2.45, 2.75) is 24.7 Å². The zero-order chi connectivity index (χ0) is 22.1. The van der Waals surface area contributed by atoms with Crippen LogP contribution in [0, 0.1) is 6.92 Å². The number of carboxylic acid groups (broad SMARTS) is 1. The molecule has 1 aliphatic rings. The van der Waals surface area contributed by atoms with Crippen LogP contribution in [0.4, 0.5) is 5.13 Å². The normalized spacial score (nSPS) is 15.9. The van der Waals surface area contributed by atoms with Gasteiger partial charge >= 0.3 is 11.9 Å². The molecule has 30 heavy (non-hydrogen) atoms. The monoisotopic (exact) mass is 453 g/mol. The van der Waals surface area contributed by atoms with E-state index >= 15 is 0 Å². The van der Waals surface area contributed by atoms with Crippen molar-refractivity contribution in [3.8, 4) is 0 Å². The van der Waals surface area contributed by atoms with Crippen molar-refractivity contribution in [3.05, 3.63) is 46.6 Å². The van der Waals surface area contributed by atoms with Crippen LogP contribution in [0.1, 0.15) is 23.3 Å². The summed E-state index contributed by atoms with van der Waals surface area (Å²) in [5.41, 5.74) is -0.134. The Morgan fingerprint density at radius 1 is 1.23 bits per heavy atom. The number of amides is 1. The van der Waals surface area contributed by atoms with Crippen LogP contribution in [0.5, 0.6) is 0 Å². The fourth-order valence-corrected chi connectivity index (χ4v) is 4.82. The predicted molar refractivity (Wildman–Crippen MR) is 111 cm³/mol. The Morgan fingerprint density at radius 2 is 1.93 bits per heavy atom. The highest BCUT2D eigenvalue weighted by atomic mass is 32.3. The molecular weight excluding hydrogens is 434 g/mol. The zero-order valence-corrected chi connectivity index (χ0v) is 17.6. The van der Waals surface area contributed by atoms with E-state index in [1.54, 1.807) is 18.3 Å². The third-order valence-corrected chi connectivity index (χ3v) is 6.87. The Hall–Kier alpha value is -2.93. The van der Waals surface area contributed by atoms with Gasteiger partial charge in [-0.05, 0) is 19.1 Å². The minimum Gasteiger partial charge on any atom is -0.481 e. The molecule has 1 aromatic carbocycles. The summed E-state index contributed by atoms with van der Waals surface area (Å²) < 4.78 is 27.8. The molecule has 2 aromatic rings. The number of carbonyl (C=O) groups is 3. The number of ether oxygens (including phenoxy) is 1. The van der Waals surface area contributed by atoms with Gasteiger partial charge in [0.15, 0.2) is 16.6 Å². The van der Waals surface area contributed by atoms with Gasteiger partial charge in [0, 0.05) is 23.7 Å². The number of rotatable bonds is 6. The van der Waals surface area contributed by atoms with E-state index < -0.39 is 41.5 Å². The number of esters is 1. The van der Waals surface area contributed by atoms with Crippen LogP contribution in [0.3, 0.4) is 0 Å². The minimum atomic E-state index is -3.58. The maximum Gasteiger partial charge on any atom is 0.311 e. The van der Waals surface area contributed by atoms with Crippen molar-refractivity contribution in [3.63, 3.8) is 0 Å². The lowest BCUT2D eigenvalue weighted by molar-refractivity contribution is -0.143. The number of thiazole rings is 1. The second kappa shape index (κ2) is 8.44. The smallest absolute Gasteiger partial charge is 0.311 e. The second-order valence-corrected chi connectivity index (χ2v) is 9.55. The van der Waals surface area contributed by atoms with Gasteiger partial charge in [0.05, 0.1) is 17.7 Å². The van der Waals surface area contributed by atoms with Gasteiger partial charge in [-0.3, -0.25) is 33.1 Å². The summed E-state index contributed by atoms with van der Waals surface area (Å²) in [4.78, 5) is 41.0. The van der Waals surface area contributed by atoms with Crippen molar-refractivity contribution in [1.29, 1.82) is 0 Å². The summed E-state index contributed by atoms with van der Waals surface area (Å²) in [6.07, 6.45) is 0.704. The lowest BCUT2D eigenvalue weighted by Gasteiger charge is -2.46. The first-order valence-electron chi connectivity index (χ1n) is 8.63. The summed E-state index contributed by atoms with van der Waals surface area (Å²) in [7, 11) is -2.29. The number of fused-ring (bicyclic) bond motifs is 1. The van der Waals surface area contributed by atoms with E-state index in [4.69, 9.17) is 9.84 Å². The van der Waals surface area contributed by atoms with Gasteiger partial charge < -0.3 is 9.84 Å². The van der Waals surface area contributed by atoms with Gasteiger partial charge in [-0.2, -0.15) is 0 Å². The largest absolute Gasteiger partial charge is 0.481 e. The predicted octanol–water partition coefficient (Wildman–Crippen LogP) is 3.14. The Labute approximate surface area is 177 Å². The Kier molecular flexibility index (Phi) is 6.12. The molecule has 0 unspecified atom stereocenters. The quantitative estimate of drug-likeness (QED) is 0.484. The van der Waals surface area contributed by atoms with Crippen molar-refractivity contribution in [1.82, 2.24) is 9.29 Å². The molecule has 0 bridgehead atoms. The lowest BCUT2D eigenvalue weighted by Crippen LogP contribution is -2.35. The van der Waals surface area contributed by atoms with Gasteiger partial charge in [-0.1, -0.05) is 22.9 Å². The molecule has 4 N–H and O–H groups in total. The van der Waals surface area contributed by atoms with Crippen molar-refractivity contribution >= 4 is 50.8 Å². The number of hydrogen-bond donors (Lipinski definition) is 4. The van der Waals surface area contributed by atoms with Crippen LogP contribution in [-0.2, 0) is 19.1 Å². The SMILES string of the molecule is Cc1cnc(NC(=O)C2=C(OC(=O)CCC(=O)O)c3ccccc3S(O)(O)N2C)s1. The highest BCUT2D eigenvalue weighted by molar-refractivity contribution is 8.22. The summed E-state index contributed by atoms with van der Waals surface area (Å²) in [6.45, 7) is 1.81. The van der Waals surface area contributed by atoms with Crippen LogP contribution in [0.2, 0.25) is 0 Å². The number of nitrogens with one attached hydrogen (secondary N) is 1.